The van der Waals surface area contributed by atoms with Gasteiger partial charge < -0.3 is 15.0 Å². The van der Waals surface area contributed by atoms with Gasteiger partial charge in [-0.05, 0) is 84.6 Å². The average Bonchev–Trinajstić information content (AvgIpc) is 3.06. The third-order valence-electron chi connectivity index (χ3n) is 7.34. The number of amides is 2. The smallest absolute Gasteiger partial charge is 0.264 e. The highest BCUT2D eigenvalue weighted by molar-refractivity contribution is 7.92. The van der Waals surface area contributed by atoms with Gasteiger partial charge >= 0.3 is 0 Å². The Morgan fingerprint density at radius 3 is 2.11 bits per heavy atom. The van der Waals surface area contributed by atoms with Crippen molar-refractivity contribution in [3.63, 3.8) is 0 Å². The van der Waals surface area contributed by atoms with Crippen LogP contribution in [0, 0.1) is 11.7 Å². The van der Waals surface area contributed by atoms with Crippen molar-refractivity contribution in [2.24, 2.45) is 5.92 Å². The zero-order chi connectivity index (χ0) is 34.0. The van der Waals surface area contributed by atoms with Crippen LogP contribution in [0.3, 0.4) is 0 Å². The molecule has 2 amide bonds. The number of hydrogen-bond donors (Lipinski definition) is 1. The van der Waals surface area contributed by atoms with E-state index in [0.717, 1.165) is 9.87 Å². The average molecular weight is 680 g/mol. The normalized spacial score (nSPS) is 12.0. The molecule has 1 unspecified atom stereocenters. The first-order valence-corrected chi connectivity index (χ1v) is 17.2. The highest BCUT2D eigenvalue weighted by Gasteiger charge is 2.34. The van der Waals surface area contributed by atoms with Crippen LogP contribution >= 0.6 is 11.6 Å². The summed E-state index contributed by atoms with van der Waals surface area (Å²) in [5.74, 6) is -0.767. The number of carbonyl (C=O) groups is 2. The third kappa shape index (κ3) is 9.79. The van der Waals surface area contributed by atoms with E-state index in [-0.39, 0.29) is 35.4 Å². The second kappa shape index (κ2) is 16.4. The molecule has 0 radical (unpaired) electrons. The Morgan fingerprint density at radius 1 is 0.872 bits per heavy atom. The number of anilines is 1. The van der Waals surface area contributed by atoms with E-state index in [4.69, 9.17) is 16.3 Å². The lowest BCUT2D eigenvalue weighted by Gasteiger charge is -2.34. The van der Waals surface area contributed by atoms with Crippen molar-refractivity contribution in [1.29, 1.82) is 0 Å². The molecule has 1 atom stereocenters. The molecule has 0 fully saturated rings. The molecule has 0 saturated carbocycles. The third-order valence-corrected chi connectivity index (χ3v) is 9.38. The fourth-order valence-corrected chi connectivity index (χ4v) is 6.44. The zero-order valence-corrected chi connectivity index (χ0v) is 28.2. The van der Waals surface area contributed by atoms with Crippen molar-refractivity contribution in [2.75, 3.05) is 24.0 Å². The summed E-state index contributed by atoms with van der Waals surface area (Å²) in [5, 5.41) is 3.30. The van der Waals surface area contributed by atoms with Gasteiger partial charge in [0.2, 0.25) is 11.8 Å². The molecule has 47 heavy (non-hydrogen) atoms. The SMILES string of the molecule is CCOc1ccc(N(CC(=O)N(Cc2ccc(F)cc2)C(Cc2ccccc2)C(=O)NCC(C)C)S(=O)(=O)c2ccc(Cl)cc2)cc1. The zero-order valence-electron chi connectivity index (χ0n) is 26.6. The first kappa shape index (κ1) is 35.4. The van der Waals surface area contributed by atoms with Gasteiger partial charge in [0.15, 0.2) is 0 Å². The van der Waals surface area contributed by atoms with Crippen molar-refractivity contribution in [3.8, 4) is 5.75 Å². The number of sulfonamides is 1. The molecule has 4 aromatic rings. The van der Waals surface area contributed by atoms with Crippen molar-refractivity contribution >= 4 is 39.1 Å². The van der Waals surface area contributed by atoms with Crippen LogP contribution in [0.5, 0.6) is 5.75 Å². The van der Waals surface area contributed by atoms with Gasteiger partial charge in [0, 0.05) is 24.5 Å². The van der Waals surface area contributed by atoms with Gasteiger partial charge in [0.1, 0.15) is 24.2 Å². The van der Waals surface area contributed by atoms with Crippen LogP contribution in [-0.2, 0) is 32.6 Å². The number of hydrogen-bond acceptors (Lipinski definition) is 5. The van der Waals surface area contributed by atoms with Gasteiger partial charge in [-0.3, -0.25) is 13.9 Å². The number of carbonyl (C=O) groups excluding carboxylic acids is 2. The molecule has 0 aliphatic rings. The predicted molar refractivity (Wildman–Crippen MR) is 182 cm³/mol. The van der Waals surface area contributed by atoms with Crippen molar-refractivity contribution in [1.82, 2.24) is 10.2 Å². The van der Waals surface area contributed by atoms with Gasteiger partial charge in [-0.15, -0.1) is 0 Å². The highest BCUT2D eigenvalue weighted by atomic mass is 35.5. The maximum absolute atomic E-state index is 14.5. The van der Waals surface area contributed by atoms with E-state index in [2.05, 4.69) is 5.32 Å². The maximum Gasteiger partial charge on any atom is 0.264 e. The standard InChI is InChI=1S/C36H39ClFN3O5S/c1-4-46-32-18-16-31(17-19-32)41(47(44,45)33-20-12-29(37)13-21-33)25-35(42)40(24-28-10-14-30(38)15-11-28)34(36(43)39-23-26(2)3)22-27-8-6-5-7-9-27/h5-21,26,34H,4,22-25H2,1-3H3,(H,39,43). The molecule has 248 valence electrons. The first-order valence-electron chi connectivity index (χ1n) is 15.3. The van der Waals surface area contributed by atoms with Crippen molar-refractivity contribution < 1.29 is 27.1 Å². The van der Waals surface area contributed by atoms with Crippen LogP contribution in [0.25, 0.3) is 0 Å². The number of rotatable bonds is 15. The molecule has 0 saturated heterocycles. The largest absolute Gasteiger partial charge is 0.494 e. The Kier molecular flexibility index (Phi) is 12.4. The Bertz CT molecular complexity index is 1720. The van der Waals surface area contributed by atoms with Gasteiger partial charge in [-0.1, -0.05) is 67.9 Å². The van der Waals surface area contributed by atoms with E-state index >= 15 is 0 Å². The molecule has 0 heterocycles. The topological polar surface area (TPSA) is 96.0 Å². The minimum atomic E-state index is -4.29. The molecule has 0 bridgehead atoms. The van der Waals surface area contributed by atoms with E-state index < -0.39 is 34.3 Å². The molecule has 1 N–H and O–H groups in total. The predicted octanol–water partition coefficient (Wildman–Crippen LogP) is 6.49. The van der Waals surface area contributed by atoms with Crippen LogP contribution in [-0.4, -0.2) is 50.9 Å². The molecule has 0 aliphatic heterocycles. The minimum absolute atomic E-state index is 0.0656. The molecule has 0 aliphatic carbocycles. The second-order valence-corrected chi connectivity index (χ2v) is 13.7. The number of halogens is 2. The van der Waals surface area contributed by atoms with Crippen LogP contribution in [0.2, 0.25) is 5.02 Å². The highest BCUT2D eigenvalue weighted by Crippen LogP contribution is 2.28. The lowest BCUT2D eigenvalue weighted by Crippen LogP contribution is -2.53. The molecule has 8 nitrogen and oxygen atoms in total. The minimum Gasteiger partial charge on any atom is -0.494 e. The fourth-order valence-electron chi connectivity index (χ4n) is 4.90. The fraction of sp³-hybridized carbons (Fsp3) is 0.278. The summed E-state index contributed by atoms with van der Waals surface area (Å²) in [5.41, 5.74) is 1.61. The Hall–Kier alpha value is -4.41. The molecule has 4 rings (SSSR count). The molecular formula is C36H39ClFN3O5S. The van der Waals surface area contributed by atoms with Gasteiger partial charge in [0.25, 0.3) is 10.0 Å². The lowest BCUT2D eigenvalue weighted by molar-refractivity contribution is -0.140. The maximum atomic E-state index is 14.5. The lowest BCUT2D eigenvalue weighted by atomic mass is 10.0. The van der Waals surface area contributed by atoms with Crippen LogP contribution in [0.1, 0.15) is 31.9 Å². The van der Waals surface area contributed by atoms with Crippen molar-refractivity contribution in [2.45, 2.75) is 44.7 Å². The summed E-state index contributed by atoms with van der Waals surface area (Å²) < 4.78 is 48.7. The van der Waals surface area contributed by atoms with E-state index in [1.165, 1.54) is 53.4 Å². The van der Waals surface area contributed by atoms with E-state index in [0.29, 0.717) is 29.5 Å². The molecular weight excluding hydrogens is 641 g/mol. The quantitative estimate of drug-likeness (QED) is 0.155. The van der Waals surface area contributed by atoms with E-state index in [9.17, 15) is 22.4 Å². The van der Waals surface area contributed by atoms with Gasteiger partial charge in [0.05, 0.1) is 17.2 Å². The number of nitrogens with one attached hydrogen (secondary N) is 1. The Labute approximate surface area is 281 Å². The number of nitrogens with zero attached hydrogens (tertiary/aromatic N) is 2. The van der Waals surface area contributed by atoms with Gasteiger partial charge in [-0.2, -0.15) is 0 Å². The van der Waals surface area contributed by atoms with Gasteiger partial charge in [-0.25, -0.2) is 12.8 Å². The Balaban J connectivity index is 1.79. The molecule has 0 spiro atoms. The monoisotopic (exact) mass is 679 g/mol. The Morgan fingerprint density at radius 2 is 1.51 bits per heavy atom. The second-order valence-electron chi connectivity index (χ2n) is 11.4. The summed E-state index contributed by atoms with van der Waals surface area (Å²) in [6.45, 7) is 5.88. The molecule has 4 aromatic carbocycles. The summed E-state index contributed by atoms with van der Waals surface area (Å²) >= 11 is 6.05. The first-order chi connectivity index (χ1) is 22.5. The van der Waals surface area contributed by atoms with Crippen LogP contribution < -0.4 is 14.4 Å². The number of benzene rings is 4. The van der Waals surface area contributed by atoms with Crippen molar-refractivity contribution in [3.05, 3.63) is 125 Å². The summed E-state index contributed by atoms with van der Waals surface area (Å²) in [7, 11) is -4.29. The summed E-state index contributed by atoms with van der Waals surface area (Å²) in [6.07, 6.45) is 0.171. The number of ether oxygens (including phenoxy) is 1. The van der Waals surface area contributed by atoms with E-state index in [1.54, 1.807) is 24.3 Å². The van der Waals surface area contributed by atoms with Crippen LogP contribution in [0.4, 0.5) is 10.1 Å². The van der Waals surface area contributed by atoms with E-state index in [1.807, 2.05) is 51.1 Å². The molecule has 0 aromatic heterocycles. The summed E-state index contributed by atoms with van der Waals surface area (Å²) in [4.78, 5) is 29.6. The molecule has 11 heteroatoms. The summed E-state index contributed by atoms with van der Waals surface area (Å²) in [6, 6.07) is 25.9. The van der Waals surface area contributed by atoms with Crippen LogP contribution in [0.15, 0.2) is 108 Å².